The minimum absolute atomic E-state index is 0.0537. The molecule has 1 aromatic carbocycles. The summed E-state index contributed by atoms with van der Waals surface area (Å²) in [5, 5.41) is 0. The van der Waals surface area contributed by atoms with Crippen molar-refractivity contribution >= 4 is 18.0 Å². The topological polar surface area (TPSA) is 26.3 Å². The van der Waals surface area contributed by atoms with Gasteiger partial charge in [0.15, 0.2) is 0 Å². The van der Waals surface area contributed by atoms with Crippen molar-refractivity contribution in [2.45, 2.75) is 50.6 Å². The second kappa shape index (κ2) is 4.07. The van der Waals surface area contributed by atoms with Crippen LogP contribution in [0.1, 0.15) is 40.2 Å². The molecule has 0 amide bonds. The van der Waals surface area contributed by atoms with E-state index in [0.717, 1.165) is 10.6 Å². The summed E-state index contributed by atoms with van der Waals surface area (Å²) in [7, 11) is 0. The van der Waals surface area contributed by atoms with E-state index in [2.05, 4.69) is 32.9 Å². The molecule has 1 unspecified atom stereocenters. The fourth-order valence-electron chi connectivity index (χ4n) is 1.62. The molecule has 1 heterocycles. The highest BCUT2D eigenvalue weighted by Gasteiger charge is 2.38. The third-order valence-electron chi connectivity index (χ3n) is 2.89. The van der Waals surface area contributed by atoms with Crippen LogP contribution in [0.2, 0.25) is 0 Å². The van der Waals surface area contributed by atoms with Crippen LogP contribution in [0.5, 0.6) is 5.75 Å². The highest BCUT2D eigenvalue weighted by Crippen LogP contribution is 2.72. The summed E-state index contributed by atoms with van der Waals surface area (Å²) in [5.74, 6) is 0.778. The molecule has 17 heavy (non-hydrogen) atoms. The Kier molecular flexibility index (Phi) is 3.12. The molecule has 0 fully saturated rings. The molecule has 0 saturated heterocycles. The number of benzene rings is 1. The van der Waals surface area contributed by atoms with E-state index >= 15 is 0 Å². The van der Waals surface area contributed by atoms with Crippen LogP contribution in [-0.4, -0.2) is 5.66 Å². The van der Waals surface area contributed by atoms with Gasteiger partial charge in [-0.3, -0.25) is 4.57 Å². The van der Waals surface area contributed by atoms with Crippen LogP contribution < -0.4 is 4.52 Å². The maximum Gasteiger partial charge on any atom is 0.310 e. The van der Waals surface area contributed by atoms with Gasteiger partial charge >= 0.3 is 6.57 Å². The van der Waals surface area contributed by atoms with Crippen molar-refractivity contribution in [1.29, 1.82) is 0 Å². The Balaban J connectivity index is 2.38. The van der Waals surface area contributed by atoms with Crippen molar-refractivity contribution in [3.8, 4) is 5.75 Å². The Morgan fingerprint density at radius 1 is 1.29 bits per heavy atom. The highest BCUT2D eigenvalue weighted by molar-refractivity contribution is 8.57. The first-order chi connectivity index (χ1) is 7.72. The molecule has 0 saturated carbocycles. The molecule has 0 N–H and O–H groups in total. The van der Waals surface area contributed by atoms with Crippen LogP contribution >= 0.6 is 18.0 Å². The third-order valence-corrected chi connectivity index (χ3v) is 8.22. The molecular formula is C13H19O2PS. The second-order valence-corrected chi connectivity index (χ2v) is 10.7. The highest BCUT2D eigenvalue weighted by atomic mass is 32.7. The van der Waals surface area contributed by atoms with Crippen LogP contribution in [0, 0.1) is 0 Å². The molecule has 0 radical (unpaired) electrons. The van der Waals surface area contributed by atoms with E-state index in [9.17, 15) is 4.57 Å². The molecule has 0 spiro atoms. The van der Waals surface area contributed by atoms with Gasteiger partial charge in [-0.1, -0.05) is 40.7 Å². The van der Waals surface area contributed by atoms with E-state index in [0.29, 0.717) is 0 Å². The molecule has 1 aliphatic rings. The lowest BCUT2D eigenvalue weighted by molar-refractivity contribution is 0.490. The number of fused-ring (bicyclic) bond motifs is 1. The van der Waals surface area contributed by atoms with Gasteiger partial charge in [-0.15, -0.1) is 0 Å². The fraction of sp³-hybridized carbons (Fsp3) is 0.538. The molecule has 0 bridgehead atoms. The Morgan fingerprint density at radius 2 is 1.94 bits per heavy atom. The van der Waals surface area contributed by atoms with Gasteiger partial charge in [0.1, 0.15) is 5.75 Å². The van der Waals surface area contributed by atoms with Gasteiger partial charge in [-0.2, -0.15) is 0 Å². The number of rotatable bonds is 1. The smallest absolute Gasteiger partial charge is 0.310 e. The molecule has 1 aliphatic heterocycles. The van der Waals surface area contributed by atoms with Crippen molar-refractivity contribution in [1.82, 2.24) is 0 Å². The summed E-state index contributed by atoms with van der Waals surface area (Å²) in [4.78, 5) is 1.02. The van der Waals surface area contributed by atoms with Gasteiger partial charge in [0.25, 0.3) is 0 Å². The van der Waals surface area contributed by atoms with Gasteiger partial charge in [0.2, 0.25) is 0 Å². The quantitative estimate of drug-likeness (QED) is 0.666. The molecule has 2 rings (SSSR count). The first kappa shape index (κ1) is 13.0. The summed E-state index contributed by atoms with van der Waals surface area (Å²) in [6.07, 6.45) is 0. The second-order valence-electron chi connectivity index (χ2n) is 5.73. The van der Waals surface area contributed by atoms with E-state index in [-0.39, 0.29) is 11.1 Å². The molecule has 0 aliphatic carbocycles. The predicted octanol–water partition coefficient (Wildman–Crippen LogP) is 5.07. The van der Waals surface area contributed by atoms with Gasteiger partial charge in [-0.05, 0) is 34.5 Å². The minimum atomic E-state index is -2.58. The summed E-state index contributed by atoms with van der Waals surface area (Å²) < 4.78 is 18.1. The zero-order valence-corrected chi connectivity index (χ0v) is 12.7. The van der Waals surface area contributed by atoms with Crippen LogP contribution in [0.3, 0.4) is 0 Å². The Bertz CT molecular complexity index is 489. The first-order valence-electron chi connectivity index (χ1n) is 5.86. The zero-order chi connectivity index (χ0) is 12.8. The SMILES string of the molecule is CC(C)P1(=O)Oc2ccc(C(C)(C)C)cc2S1. The minimum Gasteiger partial charge on any atom is -0.434 e. The van der Waals surface area contributed by atoms with Crippen molar-refractivity contribution < 1.29 is 9.09 Å². The summed E-state index contributed by atoms with van der Waals surface area (Å²) in [5.41, 5.74) is 1.42. The molecule has 4 heteroatoms. The van der Waals surface area contributed by atoms with E-state index in [1.165, 1.54) is 16.9 Å². The Labute approximate surface area is 107 Å². The zero-order valence-electron chi connectivity index (χ0n) is 11.0. The van der Waals surface area contributed by atoms with Crippen LogP contribution in [0.15, 0.2) is 23.1 Å². The molecular weight excluding hydrogens is 251 g/mol. The monoisotopic (exact) mass is 270 g/mol. The summed E-state index contributed by atoms with van der Waals surface area (Å²) in [6.45, 7) is 7.85. The van der Waals surface area contributed by atoms with Crippen molar-refractivity contribution in [3.05, 3.63) is 23.8 Å². The Hall–Kier alpha value is -0.400. The van der Waals surface area contributed by atoms with Crippen molar-refractivity contribution in [2.24, 2.45) is 0 Å². The van der Waals surface area contributed by atoms with E-state index in [1.54, 1.807) is 0 Å². The number of hydrogen-bond donors (Lipinski definition) is 0. The van der Waals surface area contributed by atoms with Crippen LogP contribution in [-0.2, 0) is 9.98 Å². The van der Waals surface area contributed by atoms with Crippen molar-refractivity contribution in [3.63, 3.8) is 0 Å². The summed E-state index contributed by atoms with van der Waals surface area (Å²) in [6, 6.07) is 6.13. The average molecular weight is 270 g/mol. The van der Waals surface area contributed by atoms with E-state index < -0.39 is 6.57 Å². The standard InChI is InChI=1S/C13H19O2PS/c1-9(2)16(14)15-11-7-6-10(13(3,4)5)8-12(11)17-16/h6-9H,1-5H3. The maximum absolute atomic E-state index is 12.5. The third kappa shape index (κ3) is 2.41. The van der Waals surface area contributed by atoms with Gasteiger partial charge in [-0.25, -0.2) is 0 Å². The fourth-order valence-corrected chi connectivity index (χ4v) is 5.47. The largest absolute Gasteiger partial charge is 0.434 e. The first-order valence-corrected chi connectivity index (χ1v) is 8.97. The van der Waals surface area contributed by atoms with Crippen LogP contribution in [0.4, 0.5) is 0 Å². The van der Waals surface area contributed by atoms with Gasteiger partial charge < -0.3 is 4.52 Å². The molecule has 2 nitrogen and oxygen atoms in total. The normalized spacial score (nSPS) is 23.6. The summed E-state index contributed by atoms with van der Waals surface area (Å²) >= 11 is 1.41. The predicted molar refractivity (Wildman–Crippen MR) is 74.4 cm³/mol. The lowest BCUT2D eigenvalue weighted by Crippen LogP contribution is -2.10. The molecule has 94 valence electrons. The Morgan fingerprint density at radius 3 is 2.47 bits per heavy atom. The van der Waals surface area contributed by atoms with E-state index in [4.69, 9.17) is 4.52 Å². The number of hydrogen-bond acceptors (Lipinski definition) is 3. The molecule has 1 aromatic rings. The average Bonchev–Trinajstić information content (AvgIpc) is 2.52. The molecule has 1 atom stereocenters. The van der Waals surface area contributed by atoms with Gasteiger partial charge in [0.05, 0.1) is 10.6 Å². The van der Waals surface area contributed by atoms with E-state index in [1.807, 2.05) is 19.9 Å². The van der Waals surface area contributed by atoms with Crippen LogP contribution in [0.25, 0.3) is 0 Å². The lowest BCUT2D eigenvalue weighted by atomic mass is 9.87. The van der Waals surface area contributed by atoms with Crippen molar-refractivity contribution in [2.75, 3.05) is 0 Å². The lowest BCUT2D eigenvalue weighted by Gasteiger charge is -2.19. The maximum atomic E-state index is 12.5. The molecule has 0 aromatic heterocycles. The van der Waals surface area contributed by atoms with Gasteiger partial charge in [0, 0.05) is 0 Å².